The SMILES string of the molecule is COc1ncc(Cl)cc1-c1c(C)c2c(c3c1OCC3)NC(C)(C)c1nnc(C)n1-2. The third-order valence-corrected chi connectivity index (χ3v) is 5.90. The molecule has 0 saturated carbocycles. The van der Waals surface area contributed by atoms with E-state index in [1.54, 1.807) is 13.3 Å². The summed E-state index contributed by atoms with van der Waals surface area (Å²) in [6, 6.07) is 1.88. The number of aromatic nitrogens is 4. The quantitative estimate of drug-likeness (QED) is 0.681. The minimum Gasteiger partial charge on any atom is -0.492 e. The zero-order valence-electron chi connectivity index (χ0n) is 17.1. The van der Waals surface area contributed by atoms with Crippen LogP contribution in [0.4, 0.5) is 5.69 Å². The van der Waals surface area contributed by atoms with Crippen molar-refractivity contribution < 1.29 is 9.47 Å². The van der Waals surface area contributed by atoms with Crippen molar-refractivity contribution in [1.82, 2.24) is 19.7 Å². The Bertz CT molecular complexity index is 1170. The molecule has 8 heteroatoms. The number of nitrogens with zero attached hydrogens (tertiary/aromatic N) is 4. The molecule has 0 unspecified atom stereocenters. The monoisotopic (exact) mass is 411 g/mol. The van der Waals surface area contributed by atoms with Gasteiger partial charge in [0.2, 0.25) is 5.88 Å². The molecule has 2 aliphatic rings. The molecule has 5 rings (SSSR count). The average Bonchev–Trinajstić information content (AvgIpc) is 3.30. The Balaban J connectivity index is 1.91. The molecule has 2 aliphatic heterocycles. The number of aryl methyl sites for hydroxylation is 1. The number of benzene rings is 1. The maximum Gasteiger partial charge on any atom is 0.221 e. The number of fused-ring (bicyclic) bond motifs is 5. The first-order valence-corrected chi connectivity index (χ1v) is 9.94. The highest BCUT2D eigenvalue weighted by atomic mass is 35.5. The molecule has 7 nitrogen and oxygen atoms in total. The normalized spacial score (nSPS) is 15.8. The smallest absolute Gasteiger partial charge is 0.221 e. The van der Waals surface area contributed by atoms with Crippen LogP contribution in [0.15, 0.2) is 12.3 Å². The van der Waals surface area contributed by atoms with Gasteiger partial charge in [0.15, 0.2) is 5.82 Å². The predicted octanol–water partition coefficient (Wildman–Crippen LogP) is 4.20. The van der Waals surface area contributed by atoms with Crippen LogP contribution in [-0.2, 0) is 12.0 Å². The van der Waals surface area contributed by atoms with E-state index in [1.165, 1.54) is 0 Å². The van der Waals surface area contributed by atoms with Gasteiger partial charge in [-0.1, -0.05) is 11.6 Å². The van der Waals surface area contributed by atoms with Crippen molar-refractivity contribution in [1.29, 1.82) is 0 Å². The first-order valence-electron chi connectivity index (χ1n) is 9.56. The van der Waals surface area contributed by atoms with Gasteiger partial charge in [-0.25, -0.2) is 4.98 Å². The van der Waals surface area contributed by atoms with Crippen molar-refractivity contribution in [3.63, 3.8) is 0 Å². The molecule has 0 atom stereocenters. The van der Waals surface area contributed by atoms with Gasteiger partial charge in [0.25, 0.3) is 0 Å². The summed E-state index contributed by atoms with van der Waals surface area (Å²) in [7, 11) is 1.61. The predicted molar refractivity (Wildman–Crippen MR) is 111 cm³/mol. The van der Waals surface area contributed by atoms with Crippen molar-refractivity contribution in [2.45, 2.75) is 39.7 Å². The van der Waals surface area contributed by atoms with E-state index < -0.39 is 0 Å². The number of nitrogens with one attached hydrogen (secondary N) is 1. The molecule has 0 radical (unpaired) electrons. The maximum atomic E-state index is 6.30. The largest absolute Gasteiger partial charge is 0.492 e. The number of hydrogen-bond donors (Lipinski definition) is 1. The molecule has 1 aromatic carbocycles. The summed E-state index contributed by atoms with van der Waals surface area (Å²) >= 11 is 6.30. The van der Waals surface area contributed by atoms with Crippen LogP contribution in [0.1, 0.15) is 36.6 Å². The van der Waals surface area contributed by atoms with Crippen LogP contribution in [0.5, 0.6) is 11.6 Å². The summed E-state index contributed by atoms with van der Waals surface area (Å²) in [4.78, 5) is 4.37. The molecule has 3 aromatic rings. The Morgan fingerprint density at radius 2 is 2.07 bits per heavy atom. The molecule has 0 aliphatic carbocycles. The van der Waals surface area contributed by atoms with E-state index in [1.807, 2.05) is 13.0 Å². The van der Waals surface area contributed by atoms with Gasteiger partial charge in [-0.2, -0.15) is 0 Å². The van der Waals surface area contributed by atoms with E-state index in [2.05, 4.69) is 45.8 Å². The molecular weight excluding hydrogens is 390 g/mol. The Morgan fingerprint density at radius 3 is 2.83 bits per heavy atom. The van der Waals surface area contributed by atoms with E-state index in [0.717, 1.165) is 57.4 Å². The second-order valence-electron chi connectivity index (χ2n) is 8.00. The highest BCUT2D eigenvalue weighted by Crippen LogP contribution is 2.52. The molecule has 1 N–H and O–H groups in total. The maximum absolute atomic E-state index is 6.30. The molecule has 150 valence electrons. The van der Waals surface area contributed by atoms with E-state index >= 15 is 0 Å². The van der Waals surface area contributed by atoms with Gasteiger partial charge in [-0.3, -0.25) is 4.57 Å². The molecule has 29 heavy (non-hydrogen) atoms. The van der Waals surface area contributed by atoms with E-state index in [0.29, 0.717) is 17.5 Å². The molecular formula is C21H22ClN5O2. The summed E-state index contributed by atoms with van der Waals surface area (Å²) in [6.07, 6.45) is 2.41. The Hall–Kier alpha value is -2.80. The van der Waals surface area contributed by atoms with Crippen LogP contribution in [0, 0.1) is 13.8 Å². The second-order valence-corrected chi connectivity index (χ2v) is 8.43. The van der Waals surface area contributed by atoms with Gasteiger partial charge in [-0.05, 0) is 39.3 Å². The fraction of sp³-hybridized carbons (Fsp3) is 0.381. The zero-order chi connectivity index (χ0) is 20.5. The lowest BCUT2D eigenvalue weighted by atomic mass is 9.89. The summed E-state index contributed by atoms with van der Waals surface area (Å²) in [5.74, 6) is 3.10. The van der Waals surface area contributed by atoms with Crippen molar-refractivity contribution >= 4 is 17.3 Å². The number of ether oxygens (including phenoxy) is 2. The van der Waals surface area contributed by atoms with Crippen molar-refractivity contribution in [3.8, 4) is 28.4 Å². The van der Waals surface area contributed by atoms with Crippen LogP contribution < -0.4 is 14.8 Å². The standard InChI is InChI=1S/C21H22ClN5O2/c1-10-15(14-8-12(22)9-23-19(14)28-5)18-13(6-7-29-18)16-17(10)27-11(2)25-26-20(27)21(3,4)24-16/h8-9,24H,6-7H2,1-5H3. The highest BCUT2D eigenvalue weighted by Gasteiger charge is 2.39. The van der Waals surface area contributed by atoms with Crippen molar-refractivity contribution in [2.75, 3.05) is 19.0 Å². The first kappa shape index (κ1) is 18.2. The summed E-state index contributed by atoms with van der Waals surface area (Å²) in [5.41, 5.74) is 5.72. The Labute approximate surface area is 174 Å². The number of halogens is 1. The van der Waals surface area contributed by atoms with Crippen LogP contribution in [0.25, 0.3) is 16.8 Å². The van der Waals surface area contributed by atoms with Gasteiger partial charge in [0.05, 0.1) is 35.7 Å². The van der Waals surface area contributed by atoms with E-state index in [9.17, 15) is 0 Å². The Kier molecular flexibility index (Phi) is 3.84. The lowest BCUT2D eigenvalue weighted by Crippen LogP contribution is -2.37. The minimum absolute atomic E-state index is 0.353. The lowest BCUT2D eigenvalue weighted by molar-refractivity contribution is 0.357. The Morgan fingerprint density at radius 1 is 1.28 bits per heavy atom. The number of pyridine rings is 1. The van der Waals surface area contributed by atoms with Gasteiger partial charge >= 0.3 is 0 Å². The fourth-order valence-electron chi connectivity index (χ4n) is 4.45. The minimum atomic E-state index is -0.353. The highest BCUT2D eigenvalue weighted by molar-refractivity contribution is 6.30. The van der Waals surface area contributed by atoms with Gasteiger partial charge < -0.3 is 14.8 Å². The third kappa shape index (κ3) is 2.46. The number of anilines is 1. The zero-order valence-corrected chi connectivity index (χ0v) is 17.8. The van der Waals surface area contributed by atoms with Crippen LogP contribution in [-0.4, -0.2) is 33.5 Å². The number of hydrogen-bond acceptors (Lipinski definition) is 6. The third-order valence-electron chi connectivity index (χ3n) is 5.69. The number of rotatable bonds is 2. The second kappa shape index (κ2) is 6.10. The average molecular weight is 412 g/mol. The first-order chi connectivity index (χ1) is 13.8. The molecule has 0 amide bonds. The summed E-state index contributed by atoms with van der Waals surface area (Å²) < 4.78 is 13.8. The fourth-order valence-corrected chi connectivity index (χ4v) is 4.60. The van der Waals surface area contributed by atoms with Crippen LogP contribution >= 0.6 is 11.6 Å². The van der Waals surface area contributed by atoms with Crippen LogP contribution in [0.3, 0.4) is 0 Å². The molecule has 4 heterocycles. The van der Waals surface area contributed by atoms with Gasteiger partial charge in [0.1, 0.15) is 11.6 Å². The molecule has 0 spiro atoms. The molecule has 2 aromatic heterocycles. The summed E-state index contributed by atoms with van der Waals surface area (Å²) in [6.45, 7) is 8.92. The van der Waals surface area contributed by atoms with Gasteiger partial charge in [-0.15, -0.1) is 10.2 Å². The summed E-state index contributed by atoms with van der Waals surface area (Å²) in [5, 5.41) is 13.1. The number of methoxy groups -OCH3 is 1. The topological polar surface area (TPSA) is 74.1 Å². The van der Waals surface area contributed by atoms with Crippen molar-refractivity contribution in [2.24, 2.45) is 0 Å². The molecule has 0 saturated heterocycles. The van der Waals surface area contributed by atoms with Crippen LogP contribution in [0.2, 0.25) is 5.02 Å². The lowest BCUT2D eigenvalue weighted by Gasteiger charge is -2.36. The van der Waals surface area contributed by atoms with Gasteiger partial charge in [0, 0.05) is 29.3 Å². The van der Waals surface area contributed by atoms with E-state index in [4.69, 9.17) is 21.1 Å². The van der Waals surface area contributed by atoms with Crippen molar-refractivity contribution in [3.05, 3.63) is 40.1 Å². The molecule has 0 bridgehead atoms. The van der Waals surface area contributed by atoms with E-state index in [-0.39, 0.29) is 5.54 Å². The molecule has 0 fully saturated rings.